The topological polar surface area (TPSA) is 84.0 Å². The van der Waals surface area contributed by atoms with E-state index < -0.39 is 15.7 Å². The molecule has 2 N–H and O–H groups in total. The fourth-order valence-corrected chi connectivity index (χ4v) is 4.81. The van der Waals surface area contributed by atoms with Crippen molar-refractivity contribution in [3.63, 3.8) is 0 Å². The monoisotopic (exact) mass is 398 g/mol. The molecule has 28 heavy (non-hydrogen) atoms. The highest BCUT2D eigenvalue weighted by molar-refractivity contribution is 7.91. The zero-order chi connectivity index (χ0) is 19.6. The van der Waals surface area contributed by atoms with Gasteiger partial charge < -0.3 is 10.6 Å². The van der Waals surface area contributed by atoms with Crippen LogP contribution in [0.1, 0.15) is 6.42 Å². The summed E-state index contributed by atoms with van der Waals surface area (Å²) in [7, 11) is -3.01. The first kappa shape index (κ1) is 18.4. The predicted molar refractivity (Wildman–Crippen MR) is 108 cm³/mol. The Kier molecular flexibility index (Phi) is 4.95. The van der Waals surface area contributed by atoms with Gasteiger partial charge in [-0.1, -0.05) is 42.5 Å². The maximum absolute atomic E-state index is 14.0. The van der Waals surface area contributed by atoms with Crippen LogP contribution in [-0.4, -0.2) is 35.9 Å². The molecule has 0 amide bonds. The largest absolute Gasteiger partial charge is 0.366 e. The molecule has 1 aliphatic heterocycles. The van der Waals surface area contributed by atoms with Crippen LogP contribution >= 0.6 is 0 Å². The number of halogens is 1. The van der Waals surface area contributed by atoms with Gasteiger partial charge in [0.25, 0.3) is 0 Å². The number of nitrogens with zero attached hydrogens (tertiary/aromatic N) is 2. The van der Waals surface area contributed by atoms with E-state index in [0.717, 1.165) is 5.56 Å². The summed E-state index contributed by atoms with van der Waals surface area (Å²) in [4.78, 5) is 8.91. The van der Waals surface area contributed by atoms with Crippen molar-refractivity contribution in [2.24, 2.45) is 0 Å². The molecule has 0 saturated carbocycles. The molecule has 1 aliphatic rings. The van der Waals surface area contributed by atoms with Crippen LogP contribution in [0.4, 0.5) is 21.8 Å². The fraction of sp³-hybridized carbons (Fsp3) is 0.200. The van der Waals surface area contributed by atoms with Gasteiger partial charge in [-0.3, -0.25) is 0 Å². The highest BCUT2D eigenvalue weighted by Gasteiger charge is 2.28. The van der Waals surface area contributed by atoms with E-state index in [1.807, 2.05) is 30.3 Å². The number of aromatic nitrogens is 2. The van der Waals surface area contributed by atoms with Gasteiger partial charge in [0.2, 0.25) is 5.95 Å². The van der Waals surface area contributed by atoms with Crippen molar-refractivity contribution in [3.05, 3.63) is 66.5 Å². The van der Waals surface area contributed by atoms with E-state index in [2.05, 4.69) is 20.6 Å². The van der Waals surface area contributed by atoms with Crippen LogP contribution in [0.5, 0.6) is 0 Å². The molecule has 2 heterocycles. The lowest BCUT2D eigenvalue weighted by Gasteiger charge is -2.15. The summed E-state index contributed by atoms with van der Waals surface area (Å²) in [6, 6.07) is 17.4. The molecule has 8 heteroatoms. The minimum absolute atomic E-state index is 0.0771. The van der Waals surface area contributed by atoms with Crippen LogP contribution < -0.4 is 10.6 Å². The Morgan fingerprint density at radius 1 is 1.00 bits per heavy atom. The molecule has 1 aromatic heterocycles. The summed E-state index contributed by atoms with van der Waals surface area (Å²) in [5, 5.41) is 6.09. The third-order valence-corrected chi connectivity index (χ3v) is 6.27. The maximum atomic E-state index is 14.0. The Bertz CT molecular complexity index is 1090. The second kappa shape index (κ2) is 7.55. The Hall–Kier alpha value is -3.00. The van der Waals surface area contributed by atoms with Crippen molar-refractivity contribution < 1.29 is 12.8 Å². The summed E-state index contributed by atoms with van der Waals surface area (Å²) in [5.74, 6) is 0.562. The minimum atomic E-state index is -3.01. The first-order valence-corrected chi connectivity index (χ1v) is 10.7. The first-order chi connectivity index (χ1) is 13.5. The molecule has 0 spiro atoms. The zero-order valence-corrected chi connectivity index (χ0v) is 15.8. The van der Waals surface area contributed by atoms with Gasteiger partial charge in [-0.05, 0) is 18.6 Å². The number of benzene rings is 2. The molecule has 6 nitrogen and oxygen atoms in total. The SMILES string of the molecule is O=S1(=O)CCC(Nc2cc(-c3ccccc3)nc(Nc3ccccc3F)n2)C1. The average molecular weight is 398 g/mol. The molecular weight excluding hydrogens is 379 g/mol. The van der Waals surface area contributed by atoms with Gasteiger partial charge in [-0.2, -0.15) is 4.98 Å². The quantitative estimate of drug-likeness (QED) is 0.683. The number of sulfone groups is 1. The van der Waals surface area contributed by atoms with Crippen LogP contribution in [-0.2, 0) is 9.84 Å². The summed E-state index contributed by atoms with van der Waals surface area (Å²) in [6.07, 6.45) is 0.531. The molecule has 1 atom stereocenters. The first-order valence-electron chi connectivity index (χ1n) is 8.91. The molecule has 1 fully saturated rings. The molecule has 1 saturated heterocycles. The Labute approximate surface area is 162 Å². The van der Waals surface area contributed by atoms with Crippen LogP contribution in [0.15, 0.2) is 60.7 Å². The Morgan fingerprint density at radius 2 is 1.75 bits per heavy atom. The highest BCUT2D eigenvalue weighted by atomic mass is 32.2. The number of anilines is 3. The standard InChI is InChI=1S/C20H19FN4O2S/c21-16-8-4-5-9-17(16)23-20-24-18(14-6-2-1-3-7-14)12-19(25-20)22-15-10-11-28(26,27)13-15/h1-9,12,15H,10-11,13H2,(H2,22,23,24,25). The maximum Gasteiger partial charge on any atom is 0.229 e. The summed E-state index contributed by atoms with van der Waals surface area (Å²) < 4.78 is 37.5. The van der Waals surface area contributed by atoms with Crippen molar-refractivity contribution in [2.75, 3.05) is 22.1 Å². The van der Waals surface area contributed by atoms with Crippen molar-refractivity contribution in [2.45, 2.75) is 12.5 Å². The highest BCUT2D eigenvalue weighted by Crippen LogP contribution is 2.25. The molecule has 0 bridgehead atoms. The fourth-order valence-electron chi connectivity index (χ4n) is 3.13. The zero-order valence-electron chi connectivity index (χ0n) is 15.0. The normalized spacial score (nSPS) is 18.0. The van der Waals surface area contributed by atoms with Gasteiger partial charge in [0.15, 0.2) is 9.84 Å². The van der Waals surface area contributed by atoms with Gasteiger partial charge in [0.05, 0.1) is 22.9 Å². The third-order valence-electron chi connectivity index (χ3n) is 4.50. The lowest BCUT2D eigenvalue weighted by Crippen LogP contribution is -2.21. The van der Waals surface area contributed by atoms with E-state index in [1.165, 1.54) is 6.07 Å². The molecule has 2 aromatic carbocycles. The second-order valence-electron chi connectivity index (χ2n) is 6.68. The predicted octanol–water partition coefficient (Wildman–Crippen LogP) is 3.63. The lowest BCUT2D eigenvalue weighted by molar-refractivity contribution is 0.602. The summed E-state index contributed by atoms with van der Waals surface area (Å²) in [5.41, 5.74) is 1.79. The van der Waals surface area contributed by atoms with Crippen LogP contribution in [0.25, 0.3) is 11.3 Å². The molecular formula is C20H19FN4O2S. The van der Waals surface area contributed by atoms with E-state index >= 15 is 0 Å². The minimum Gasteiger partial charge on any atom is -0.366 e. The number of rotatable bonds is 5. The molecule has 1 unspecified atom stereocenters. The molecule has 144 valence electrons. The Balaban J connectivity index is 1.68. The van der Waals surface area contributed by atoms with E-state index in [-0.39, 0.29) is 29.2 Å². The lowest BCUT2D eigenvalue weighted by atomic mass is 10.1. The number of para-hydroxylation sites is 1. The summed E-state index contributed by atoms with van der Waals surface area (Å²) in [6.45, 7) is 0. The van der Waals surface area contributed by atoms with E-state index in [9.17, 15) is 12.8 Å². The number of hydrogen-bond donors (Lipinski definition) is 2. The smallest absolute Gasteiger partial charge is 0.229 e. The van der Waals surface area contributed by atoms with Gasteiger partial charge in [-0.25, -0.2) is 17.8 Å². The van der Waals surface area contributed by atoms with E-state index in [0.29, 0.717) is 17.9 Å². The number of hydrogen-bond acceptors (Lipinski definition) is 6. The van der Waals surface area contributed by atoms with Crippen molar-refractivity contribution in [1.82, 2.24) is 9.97 Å². The number of nitrogens with one attached hydrogen (secondary N) is 2. The van der Waals surface area contributed by atoms with E-state index in [4.69, 9.17) is 0 Å². The Morgan fingerprint density at radius 3 is 2.46 bits per heavy atom. The van der Waals surface area contributed by atoms with Gasteiger partial charge in [0.1, 0.15) is 11.6 Å². The van der Waals surface area contributed by atoms with Crippen LogP contribution in [0.3, 0.4) is 0 Å². The van der Waals surface area contributed by atoms with E-state index in [1.54, 1.807) is 24.3 Å². The van der Waals surface area contributed by atoms with Crippen molar-refractivity contribution in [3.8, 4) is 11.3 Å². The van der Waals surface area contributed by atoms with Crippen molar-refractivity contribution >= 4 is 27.3 Å². The molecule has 0 aliphatic carbocycles. The second-order valence-corrected chi connectivity index (χ2v) is 8.91. The molecule has 4 rings (SSSR count). The van der Waals surface area contributed by atoms with Crippen LogP contribution in [0.2, 0.25) is 0 Å². The van der Waals surface area contributed by atoms with Gasteiger partial charge in [0, 0.05) is 17.7 Å². The summed E-state index contributed by atoms with van der Waals surface area (Å²) >= 11 is 0. The van der Waals surface area contributed by atoms with Crippen molar-refractivity contribution in [1.29, 1.82) is 0 Å². The third kappa shape index (κ3) is 4.28. The van der Waals surface area contributed by atoms with Gasteiger partial charge in [-0.15, -0.1) is 0 Å². The van der Waals surface area contributed by atoms with Crippen LogP contribution in [0, 0.1) is 5.82 Å². The van der Waals surface area contributed by atoms with Gasteiger partial charge >= 0.3 is 0 Å². The average Bonchev–Trinajstić information content (AvgIpc) is 3.02. The molecule has 0 radical (unpaired) electrons. The molecule has 3 aromatic rings.